The van der Waals surface area contributed by atoms with Crippen LogP contribution < -0.4 is 10.6 Å². The first-order valence-corrected chi connectivity index (χ1v) is 13.7. The van der Waals surface area contributed by atoms with Crippen molar-refractivity contribution in [1.29, 1.82) is 0 Å². The summed E-state index contributed by atoms with van der Waals surface area (Å²) in [6.07, 6.45) is -3.02. The minimum Gasteiger partial charge on any atom is -0.478 e. The van der Waals surface area contributed by atoms with E-state index in [1.165, 1.54) is 17.0 Å². The molecule has 0 spiro atoms. The first-order chi connectivity index (χ1) is 20.1. The lowest BCUT2D eigenvalue weighted by Gasteiger charge is -2.30. The van der Waals surface area contributed by atoms with E-state index in [9.17, 15) is 32.7 Å². The number of benzene rings is 2. The van der Waals surface area contributed by atoms with E-state index in [2.05, 4.69) is 10.6 Å². The number of rotatable bonds is 8. The standard InChI is InChI=1S/C30H29F3N4O5/c31-30(32,33)20-8-4-7-19(16-20)29(10-11-29)37-17-23(42-28(37)41)22(15-18-5-2-1-3-6-18)35-26(38)24-25-21(27(39)40)9-13-36(25)14-12-34-24/h1-9,13,16,22-24,34H,10-12,14-15,17H2,(H,35,38)(H,39,40)/t22-,23+,24?/m0/s1. The van der Waals surface area contributed by atoms with E-state index in [0.717, 1.165) is 17.7 Å². The number of nitrogens with zero attached hydrogens (tertiary/aromatic N) is 2. The number of alkyl halides is 3. The van der Waals surface area contributed by atoms with Gasteiger partial charge in [-0.3, -0.25) is 15.0 Å². The highest BCUT2D eigenvalue weighted by molar-refractivity contribution is 5.93. The number of carbonyl (C=O) groups excluding carboxylic acids is 2. The van der Waals surface area contributed by atoms with Gasteiger partial charge in [0, 0.05) is 19.3 Å². The second kappa shape index (κ2) is 10.5. The van der Waals surface area contributed by atoms with Gasteiger partial charge in [0.25, 0.3) is 0 Å². The Morgan fingerprint density at radius 3 is 2.57 bits per heavy atom. The van der Waals surface area contributed by atoms with Gasteiger partial charge in [0.2, 0.25) is 5.91 Å². The molecule has 220 valence electrons. The van der Waals surface area contributed by atoms with Gasteiger partial charge in [0.15, 0.2) is 0 Å². The minimum absolute atomic E-state index is 0.0252. The first kappa shape index (κ1) is 27.8. The largest absolute Gasteiger partial charge is 0.478 e. The van der Waals surface area contributed by atoms with Crippen molar-refractivity contribution >= 4 is 18.0 Å². The van der Waals surface area contributed by atoms with Gasteiger partial charge in [0.05, 0.1) is 34.9 Å². The number of carboxylic acids is 1. The van der Waals surface area contributed by atoms with E-state index in [1.54, 1.807) is 16.8 Å². The van der Waals surface area contributed by atoms with Crippen LogP contribution in [0.4, 0.5) is 18.0 Å². The molecule has 3 atom stereocenters. The average molecular weight is 583 g/mol. The second-order valence-corrected chi connectivity index (χ2v) is 10.9. The maximum Gasteiger partial charge on any atom is 0.416 e. The molecule has 42 heavy (non-hydrogen) atoms. The molecule has 3 aromatic rings. The Morgan fingerprint density at radius 2 is 1.88 bits per heavy atom. The summed E-state index contributed by atoms with van der Waals surface area (Å²) in [5.41, 5.74) is -0.0470. The quantitative estimate of drug-likeness (QED) is 0.369. The maximum absolute atomic E-state index is 13.7. The molecule has 9 nitrogen and oxygen atoms in total. The highest BCUT2D eigenvalue weighted by atomic mass is 19.4. The van der Waals surface area contributed by atoms with Crippen molar-refractivity contribution in [1.82, 2.24) is 20.1 Å². The molecule has 0 radical (unpaired) electrons. The average Bonchev–Trinajstić information content (AvgIpc) is 3.49. The molecule has 0 bridgehead atoms. The van der Waals surface area contributed by atoms with Gasteiger partial charge in [-0.05, 0) is 48.6 Å². The summed E-state index contributed by atoms with van der Waals surface area (Å²) in [4.78, 5) is 40.2. The number of hydrogen-bond acceptors (Lipinski definition) is 5. The lowest BCUT2D eigenvalue weighted by Crippen LogP contribution is -2.52. The Kier molecular flexibility index (Phi) is 6.96. The Balaban J connectivity index is 1.26. The monoisotopic (exact) mass is 582 g/mol. The van der Waals surface area contributed by atoms with Crippen LogP contribution >= 0.6 is 0 Å². The molecule has 1 saturated heterocycles. The molecule has 2 fully saturated rings. The molecule has 2 aromatic carbocycles. The number of aromatic carboxylic acids is 1. The predicted octanol–water partition coefficient (Wildman–Crippen LogP) is 4.09. The van der Waals surface area contributed by atoms with Gasteiger partial charge >= 0.3 is 18.2 Å². The van der Waals surface area contributed by atoms with Crippen molar-refractivity contribution in [3.05, 3.63) is 94.8 Å². The van der Waals surface area contributed by atoms with E-state index in [-0.39, 0.29) is 12.1 Å². The molecule has 2 aliphatic heterocycles. The zero-order valence-electron chi connectivity index (χ0n) is 22.4. The molecular formula is C30H29F3N4O5. The lowest BCUT2D eigenvalue weighted by molar-refractivity contribution is -0.137. The fourth-order valence-corrected chi connectivity index (χ4v) is 6.10. The van der Waals surface area contributed by atoms with Crippen LogP contribution in [0, 0.1) is 0 Å². The SMILES string of the molecule is O=C(O)c1ccn2c1C(C(=O)N[C@@H](Cc1ccccc1)[C@H]1CN(C3(c4cccc(C(F)(F)F)c4)CC3)C(=O)O1)NCC2. The molecule has 6 rings (SSSR count). The van der Waals surface area contributed by atoms with Crippen LogP contribution in [0.1, 0.15) is 51.6 Å². The zero-order valence-corrected chi connectivity index (χ0v) is 22.4. The van der Waals surface area contributed by atoms with Gasteiger partial charge in [-0.2, -0.15) is 13.2 Å². The molecule has 12 heteroatoms. The molecule has 1 aliphatic carbocycles. The molecule has 3 N–H and O–H groups in total. The van der Waals surface area contributed by atoms with Gasteiger partial charge < -0.3 is 19.7 Å². The zero-order chi connectivity index (χ0) is 29.6. The smallest absolute Gasteiger partial charge is 0.416 e. The number of carboxylic acid groups (broad SMARTS) is 1. The van der Waals surface area contributed by atoms with E-state index < -0.39 is 53.4 Å². The van der Waals surface area contributed by atoms with Crippen LogP contribution in [-0.4, -0.2) is 57.8 Å². The third-order valence-electron chi connectivity index (χ3n) is 8.35. The number of ether oxygens (including phenoxy) is 1. The van der Waals surface area contributed by atoms with Crippen LogP contribution in [0.2, 0.25) is 0 Å². The van der Waals surface area contributed by atoms with Crippen molar-refractivity contribution in [3.63, 3.8) is 0 Å². The third kappa shape index (κ3) is 5.11. The number of cyclic esters (lactones) is 1. The summed E-state index contributed by atoms with van der Waals surface area (Å²) in [5.74, 6) is -1.61. The number of nitrogens with one attached hydrogen (secondary N) is 2. The highest BCUT2D eigenvalue weighted by Crippen LogP contribution is 2.53. The van der Waals surface area contributed by atoms with Gasteiger partial charge in [-0.1, -0.05) is 42.5 Å². The molecule has 3 heterocycles. The lowest BCUT2D eigenvalue weighted by atomic mass is 9.97. The predicted molar refractivity (Wildman–Crippen MR) is 144 cm³/mol. The summed E-state index contributed by atoms with van der Waals surface area (Å²) < 4.78 is 47.8. The van der Waals surface area contributed by atoms with Crippen molar-refractivity contribution in [2.75, 3.05) is 13.1 Å². The molecule has 1 aromatic heterocycles. The summed E-state index contributed by atoms with van der Waals surface area (Å²) >= 11 is 0. The Bertz CT molecular complexity index is 1520. The van der Waals surface area contributed by atoms with Crippen LogP contribution in [0.25, 0.3) is 0 Å². The number of carbonyl (C=O) groups is 3. The van der Waals surface area contributed by atoms with Crippen molar-refractivity contribution in [2.45, 2.75) is 55.7 Å². The van der Waals surface area contributed by atoms with Crippen LogP contribution in [0.3, 0.4) is 0 Å². The number of aromatic nitrogens is 1. The van der Waals surface area contributed by atoms with Crippen LogP contribution in [-0.2, 0) is 34.2 Å². The molecule has 1 unspecified atom stereocenters. The first-order valence-electron chi connectivity index (χ1n) is 13.7. The fourth-order valence-electron chi connectivity index (χ4n) is 6.10. The molecule has 3 aliphatic rings. The van der Waals surface area contributed by atoms with Gasteiger partial charge in [0.1, 0.15) is 12.1 Å². The van der Waals surface area contributed by atoms with Crippen LogP contribution in [0.5, 0.6) is 0 Å². The van der Waals surface area contributed by atoms with Crippen molar-refractivity contribution in [2.24, 2.45) is 0 Å². The minimum atomic E-state index is -4.52. The third-order valence-corrected chi connectivity index (χ3v) is 8.35. The number of halogens is 3. The molecule has 1 saturated carbocycles. The fraction of sp³-hybridized carbons (Fsp3) is 0.367. The highest BCUT2D eigenvalue weighted by Gasteiger charge is 2.56. The Labute approximate surface area is 239 Å². The van der Waals surface area contributed by atoms with Gasteiger partial charge in [-0.15, -0.1) is 0 Å². The summed E-state index contributed by atoms with van der Waals surface area (Å²) in [7, 11) is 0. The molecule has 2 amide bonds. The van der Waals surface area contributed by atoms with E-state index >= 15 is 0 Å². The molecular weight excluding hydrogens is 553 g/mol. The van der Waals surface area contributed by atoms with E-state index in [1.807, 2.05) is 30.3 Å². The number of amides is 2. The van der Waals surface area contributed by atoms with E-state index in [0.29, 0.717) is 43.6 Å². The topological polar surface area (TPSA) is 113 Å². The van der Waals surface area contributed by atoms with Crippen molar-refractivity contribution in [3.8, 4) is 0 Å². The Hall–Kier alpha value is -4.32. The summed E-state index contributed by atoms with van der Waals surface area (Å²) in [6, 6.07) is 14.2. The van der Waals surface area contributed by atoms with Crippen LogP contribution in [0.15, 0.2) is 66.9 Å². The second-order valence-electron chi connectivity index (χ2n) is 10.9. The van der Waals surface area contributed by atoms with Gasteiger partial charge in [-0.25, -0.2) is 9.59 Å². The summed E-state index contributed by atoms with van der Waals surface area (Å²) in [6.45, 7) is 1.03. The number of fused-ring (bicyclic) bond motifs is 1. The van der Waals surface area contributed by atoms with Crippen molar-refractivity contribution < 1.29 is 37.4 Å². The number of hydrogen-bond donors (Lipinski definition) is 3. The Morgan fingerprint density at radius 1 is 1.12 bits per heavy atom. The maximum atomic E-state index is 13.7. The van der Waals surface area contributed by atoms with E-state index in [4.69, 9.17) is 4.74 Å². The normalized spacial score (nSPS) is 21.8. The summed E-state index contributed by atoms with van der Waals surface area (Å²) in [5, 5.41) is 15.8.